The molecule has 0 saturated heterocycles. The molecule has 0 heterocycles. The maximum Gasteiger partial charge on any atom is -0.0149 e. The fourth-order valence-corrected chi connectivity index (χ4v) is 0. The zero-order valence-corrected chi connectivity index (χ0v) is 4.00. The Kier molecular flexibility index (Phi) is 3030. The third kappa shape index (κ3) is 278. The Bertz CT molecular complexity index is 5.51. The van der Waals surface area contributed by atoms with E-state index in [9.17, 15) is 0 Å². The van der Waals surface area contributed by atoms with Crippen molar-refractivity contribution in [3.8, 4) is 0 Å². The van der Waals surface area contributed by atoms with Crippen molar-refractivity contribution in [2.75, 3.05) is 0 Å². The lowest BCUT2D eigenvalue weighted by molar-refractivity contribution is 1.50. The number of rotatable bonds is 0. The summed E-state index contributed by atoms with van der Waals surface area (Å²) in [6.45, 7) is 8.00. The Morgan fingerprint density at radius 2 is 0.500 bits per heavy atom. The van der Waals surface area contributed by atoms with Crippen LogP contribution >= 0.6 is 0 Å². The molecule has 0 N–H and O–H groups in total. The molecule has 44 valence electrons. The molecule has 0 unspecified atom stereocenters. The first-order chi connectivity index (χ1) is 2.00. The van der Waals surface area contributed by atoms with Crippen LogP contribution in [0.25, 0.3) is 0 Å². The van der Waals surface area contributed by atoms with Crippen LogP contribution in [0.4, 0.5) is 0 Å². The largest absolute Gasteiger partial charge is 0.0683 e. The number of hydrogen-bond donors (Lipinski definition) is 0. The summed E-state index contributed by atoms with van der Waals surface area (Å²) in [5.41, 5.74) is 0. The molecular formula is C4H20Si2. The molecule has 0 spiro atoms. The SMILES string of the molecule is CC.CC.[SiH4].[SiH4]. The topological polar surface area (TPSA) is 0 Å². The first-order valence-electron chi connectivity index (χ1n) is 2.00. The molecular weight excluding hydrogens is 104 g/mol. The first kappa shape index (κ1) is 32.1. The lowest BCUT2D eigenvalue weighted by Gasteiger charge is -1.07. The van der Waals surface area contributed by atoms with Gasteiger partial charge in [-0.15, -0.1) is 0 Å². The molecule has 0 atom stereocenters. The van der Waals surface area contributed by atoms with Crippen LogP contribution in [0, 0.1) is 0 Å². The van der Waals surface area contributed by atoms with Crippen molar-refractivity contribution in [2.24, 2.45) is 0 Å². The maximum absolute atomic E-state index is 2.00. The van der Waals surface area contributed by atoms with Gasteiger partial charge >= 0.3 is 0 Å². The highest BCUT2D eigenvalue weighted by atomic mass is 28.1. The molecule has 0 bridgehead atoms. The quantitative estimate of drug-likeness (QED) is 0.369. The van der Waals surface area contributed by atoms with Crippen molar-refractivity contribution in [1.29, 1.82) is 0 Å². The summed E-state index contributed by atoms with van der Waals surface area (Å²) < 4.78 is 0. The molecule has 0 aromatic rings. The van der Waals surface area contributed by atoms with E-state index in [0.717, 1.165) is 0 Å². The monoisotopic (exact) mass is 124 g/mol. The minimum absolute atomic E-state index is 0. The molecule has 0 aliphatic carbocycles. The highest BCUT2D eigenvalue weighted by Crippen LogP contribution is 1.15. The van der Waals surface area contributed by atoms with Gasteiger partial charge in [0.1, 0.15) is 0 Å². The van der Waals surface area contributed by atoms with Gasteiger partial charge in [0.2, 0.25) is 0 Å². The van der Waals surface area contributed by atoms with Gasteiger partial charge in [0.05, 0.1) is 0 Å². The minimum atomic E-state index is 0. The van der Waals surface area contributed by atoms with Crippen LogP contribution in [0.2, 0.25) is 0 Å². The van der Waals surface area contributed by atoms with Crippen molar-refractivity contribution in [3.63, 3.8) is 0 Å². The van der Waals surface area contributed by atoms with Crippen LogP contribution in [0.5, 0.6) is 0 Å². The molecule has 0 aliphatic heterocycles. The van der Waals surface area contributed by atoms with Crippen LogP contribution in [0.1, 0.15) is 27.7 Å². The van der Waals surface area contributed by atoms with Gasteiger partial charge in [-0.05, 0) is 21.9 Å². The second-order valence-electron chi connectivity index (χ2n) is 0. The molecule has 0 amide bonds. The molecule has 0 aliphatic rings. The van der Waals surface area contributed by atoms with Crippen molar-refractivity contribution >= 4 is 21.9 Å². The Labute approximate surface area is 50.4 Å². The molecule has 0 aromatic heterocycles. The highest BCUT2D eigenvalue weighted by Gasteiger charge is 0.934. The van der Waals surface area contributed by atoms with Crippen LogP contribution in [0.15, 0.2) is 0 Å². The van der Waals surface area contributed by atoms with Gasteiger partial charge in [0, 0.05) is 0 Å². The van der Waals surface area contributed by atoms with E-state index >= 15 is 0 Å². The molecule has 0 rings (SSSR count). The summed E-state index contributed by atoms with van der Waals surface area (Å²) >= 11 is 0. The van der Waals surface area contributed by atoms with Crippen molar-refractivity contribution in [1.82, 2.24) is 0 Å². The van der Waals surface area contributed by atoms with Crippen LogP contribution in [-0.2, 0) is 0 Å². The molecule has 0 nitrogen and oxygen atoms in total. The highest BCUT2D eigenvalue weighted by molar-refractivity contribution is 5.76. The second kappa shape index (κ2) is 568. The maximum atomic E-state index is 2.00. The Balaban J connectivity index is -0.00000000500. The van der Waals surface area contributed by atoms with E-state index in [1.54, 1.807) is 0 Å². The summed E-state index contributed by atoms with van der Waals surface area (Å²) in [5, 5.41) is 0. The van der Waals surface area contributed by atoms with E-state index in [1.165, 1.54) is 0 Å². The Hall–Kier alpha value is 0.434. The van der Waals surface area contributed by atoms with E-state index in [2.05, 4.69) is 0 Å². The van der Waals surface area contributed by atoms with E-state index in [-0.39, 0.29) is 21.9 Å². The van der Waals surface area contributed by atoms with Crippen LogP contribution in [0.3, 0.4) is 0 Å². The number of hydrogen-bond acceptors (Lipinski definition) is 0. The fraction of sp³-hybridized carbons (Fsp3) is 1.00. The average molecular weight is 124 g/mol. The van der Waals surface area contributed by atoms with Gasteiger partial charge < -0.3 is 0 Å². The van der Waals surface area contributed by atoms with Crippen molar-refractivity contribution in [2.45, 2.75) is 27.7 Å². The summed E-state index contributed by atoms with van der Waals surface area (Å²) in [6, 6.07) is 0. The van der Waals surface area contributed by atoms with Crippen molar-refractivity contribution in [3.05, 3.63) is 0 Å². The van der Waals surface area contributed by atoms with E-state index in [4.69, 9.17) is 0 Å². The van der Waals surface area contributed by atoms with Gasteiger partial charge in [-0.2, -0.15) is 0 Å². The van der Waals surface area contributed by atoms with Gasteiger partial charge in [0.25, 0.3) is 0 Å². The molecule has 2 heteroatoms. The zero-order valence-electron chi connectivity index (χ0n) is 4.00. The molecule has 0 radical (unpaired) electrons. The van der Waals surface area contributed by atoms with Gasteiger partial charge in [-0.1, -0.05) is 27.7 Å². The van der Waals surface area contributed by atoms with Gasteiger partial charge in [-0.25, -0.2) is 0 Å². The lowest BCUT2D eigenvalue weighted by Crippen LogP contribution is -0.856. The van der Waals surface area contributed by atoms with E-state index in [0.29, 0.717) is 0 Å². The summed E-state index contributed by atoms with van der Waals surface area (Å²) in [5.74, 6) is 0. The summed E-state index contributed by atoms with van der Waals surface area (Å²) in [4.78, 5) is 0. The van der Waals surface area contributed by atoms with Crippen molar-refractivity contribution < 1.29 is 0 Å². The third-order valence-corrected chi connectivity index (χ3v) is 0. The normalized spacial score (nSPS) is 2.00. The lowest BCUT2D eigenvalue weighted by atomic mass is 11.0. The van der Waals surface area contributed by atoms with Gasteiger partial charge in [-0.3, -0.25) is 0 Å². The predicted octanol–water partition coefficient (Wildman–Crippen LogP) is -0.851. The van der Waals surface area contributed by atoms with Gasteiger partial charge in [0.15, 0.2) is 0 Å². The first-order valence-corrected chi connectivity index (χ1v) is 2.00. The molecule has 0 saturated carbocycles. The standard InChI is InChI=1S/2C2H6.2H4Si/c2*1-2;;/h2*1-2H3;2*1H4. The van der Waals surface area contributed by atoms with E-state index < -0.39 is 0 Å². The average Bonchev–Trinajstić information content (AvgIpc) is 1.50. The Morgan fingerprint density at radius 1 is 0.500 bits per heavy atom. The zero-order chi connectivity index (χ0) is 4.00. The summed E-state index contributed by atoms with van der Waals surface area (Å²) in [7, 11) is 0. The smallest absolute Gasteiger partial charge is 0.0149 e. The molecule has 0 fully saturated rings. The minimum Gasteiger partial charge on any atom is -0.0683 e. The van der Waals surface area contributed by atoms with Crippen LogP contribution in [-0.4, -0.2) is 21.9 Å². The second-order valence-corrected chi connectivity index (χ2v) is 0. The fourth-order valence-electron chi connectivity index (χ4n) is 0. The Morgan fingerprint density at radius 3 is 0.500 bits per heavy atom. The predicted molar refractivity (Wildman–Crippen MR) is 45.4 cm³/mol. The third-order valence-electron chi connectivity index (χ3n) is 0. The van der Waals surface area contributed by atoms with E-state index in [1.807, 2.05) is 27.7 Å². The summed E-state index contributed by atoms with van der Waals surface area (Å²) in [6.07, 6.45) is 0. The molecule has 0 aromatic carbocycles. The molecule has 6 heavy (non-hydrogen) atoms. The van der Waals surface area contributed by atoms with Crippen LogP contribution < -0.4 is 0 Å².